The molecule has 188 valence electrons. The molecular formula is C30H23N3O4S. The van der Waals surface area contributed by atoms with Gasteiger partial charge in [-0.25, -0.2) is 14.8 Å². The van der Waals surface area contributed by atoms with Crippen molar-refractivity contribution in [3.63, 3.8) is 0 Å². The predicted molar refractivity (Wildman–Crippen MR) is 146 cm³/mol. The Bertz CT molecular complexity index is 1620. The Morgan fingerprint density at radius 2 is 1.79 bits per heavy atom. The molecule has 0 fully saturated rings. The molecule has 0 N–H and O–H groups in total. The number of carbonyl (C=O) groups excluding carboxylic acids is 2. The molecule has 3 heterocycles. The van der Waals surface area contributed by atoms with Gasteiger partial charge in [0.2, 0.25) is 0 Å². The van der Waals surface area contributed by atoms with Gasteiger partial charge in [-0.15, -0.1) is 11.3 Å². The average molecular weight is 522 g/mol. The Kier molecular flexibility index (Phi) is 6.31. The van der Waals surface area contributed by atoms with Gasteiger partial charge >= 0.3 is 5.97 Å². The average Bonchev–Trinajstić information content (AvgIpc) is 3.71. The third-order valence-electron chi connectivity index (χ3n) is 6.42. The lowest BCUT2D eigenvalue weighted by Gasteiger charge is -2.19. The molecule has 0 spiro atoms. The number of nitrogens with zero attached hydrogens (tertiary/aromatic N) is 3. The van der Waals surface area contributed by atoms with E-state index in [0.29, 0.717) is 23.3 Å². The summed E-state index contributed by atoms with van der Waals surface area (Å²) in [6.07, 6.45) is 2.07. The lowest BCUT2D eigenvalue weighted by Crippen LogP contribution is -2.31. The van der Waals surface area contributed by atoms with Gasteiger partial charge in [0.05, 0.1) is 27.8 Å². The highest BCUT2D eigenvalue weighted by atomic mass is 32.1. The van der Waals surface area contributed by atoms with Crippen LogP contribution >= 0.6 is 11.3 Å². The minimum Gasteiger partial charge on any atom is -0.467 e. The van der Waals surface area contributed by atoms with Crippen LogP contribution in [0.25, 0.3) is 20.8 Å². The third-order valence-corrected chi connectivity index (χ3v) is 7.49. The molecule has 0 saturated heterocycles. The Balaban J connectivity index is 1.22. The number of hydrogen-bond donors (Lipinski definition) is 0. The van der Waals surface area contributed by atoms with Crippen LogP contribution in [0.1, 0.15) is 39.7 Å². The van der Waals surface area contributed by atoms with Crippen molar-refractivity contribution in [3.8, 4) is 10.6 Å². The van der Waals surface area contributed by atoms with Crippen LogP contribution in [0, 0.1) is 6.92 Å². The number of rotatable bonds is 6. The minimum absolute atomic E-state index is 0.354. The summed E-state index contributed by atoms with van der Waals surface area (Å²) in [5.41, 5.74) is 4.73. The molecule has 1 aliphatic heterocycles. The van der Waals surface area contributed by atoms with Crippen molar-refractivity contribution in [1.82, 2.24) is 9.99 Å². The first-order valence-electron chi connectivity index (χ1n) is 12.2. The number of aromatic nitrogens is 1. The van der Waals surface area contributed by atoms with Crippen molar-refractivity contribution < 1.29 is 18.7 Å². The first-order valence-corrected chi connectivity index (χ1v) is 13.0. The van der Waals surface area contributed by atoms with Gasteiger partial charge in [-0.2, -0.15) is 5.10 Å². The van der Waals surface area contributed by atoms with Gasteiger partial charge in [-0.3, -0.25) is 4.79 Å². The Morgan fingerprint density at radius 3 is 2.58 bits per heavy atom. The molecular weight excluding hydrogens is 498 g/mol. The second-order valence-electron chi connectivity index (χ2n) is 8.99. The van der Waals surface area contributed by atoms with Gasteiger partial charge in [0, 0.05) is 12.0 Å². The molecule has 0 saturated carbocycles. The summed E-state index contributed by atoms with van der Waals surface area (Å²) in [7, 11) is 0. The lowest BCUT2D eigenvalue weighted by molar-refractivity contribution is -0.136. The van der Waals surface area contributed by atoms with Crippen LogP contribution in [0.3, 0.4) is 0 Å². The van der Waals surface area contributed by atoms with Crippen LogP contribution in [-0.2, 0) is 9.53 Å². The van der Waals surface area contributed by atoms with Crippen LogP contribution in [-0.4, -0.2) is 34.2 Å². The SMILES string of the molecule is Cc1ccc(C2=NN(C(=O)COC(=O)c3ccccc3-c3nc4ccccc4s3)[C@H](c3ccco3)C2)cc1. The van der Waals surface area contributed by atoms with Crippen LogP contribution in [0.5, 0.6) is 0 Å². The van der Waals surface area contributed by atoms with Gasteiger partial charge in [-0.1, -0.05) is 60.2 Å². The van der Waals surface area contributed by atoms with E-state index in [-0.39, 0.29) is 0 Å². The maximum atomic E-state index is 13.3. The normalized spacial score (nSPS) is 15.0. The largest absolute Gasteiger partial charge is 0.467 e. The van der Waals surface area contributed by atoms with Crippen molar-refractivity contribution in [2.75, 3.05) is 6.61 Å². The fourth-order valence-electron chi connectivity index (χ4n) is 4.47. The second kappa shape index (κ2) is 10.1. The topological polar surface area (TPSA) is 85.0 Å². The number of esters is 1. The lowest BCUT2D eigenvalue weighted by atomic mass is 10.0. The number of benzene rings is 3. The molecule has 1 atom stereocenters. The number of para-hydroxylation sites is 1. The van der Waals surface area contributed by atoms with Gasteiger partial charge in [0.1, 0.15) is 16.8 Å². The summed E-state index contributed by atoms with van der Waals surface area (Å²) in [5, 5.41) is 6.69. The van der Waals surface area contributed by atoms with Crippen molar-refractivity contribution in [2.45, 2.75) is 19.4 Å². The molecule has 1 aliphatic rings. The van der Waals surface area contributed by atoms with Crippen LogP contribution < -0.4 is 0 Å². The van der Waals surface area contributed by atoms with Crippen LogP contribution in [0.2, 0.25) is 0 Å². The molecule has 8 heteroatoms. The smallest absolute Gasteiger partial charge is 0.339 e. The molecule has 5 aromatic rings. The number of thiazole rings is 1. The summed E-state index contributed by atoms with van der Waals surface area (Å²) >= 11 is 1.50. The molecule has 6 rings (SSSR count). The Morgan fingerprint density at radius 1 is 1.00 bits per heavy atom. The zero-order valence-electron chi connectivity index (χ0n) is 20.5. The number of hydrazone groups is 1. The quantitative estimate of drug-likeness (QED) is 0.241. The van der Waals surface area contributed by atoms with E-state index in [4.69, 9.17) is 9.15 Å². The summed E-state index contributed by atoms with van der Waals surface area (Å²) in [4.78, 5) is 31.1. The molecule has 0 aliphatic carbocycles. The van der Waals surface area contributed by atoms with E-state index in [1.54, 1.807) is 24.5 Å². The van der Waals surface area contributed by atoms with E-state index in [0.717, 1.165) is 32.1 Å². The molecule has 7 nitrogen and oxygen atoms in total. The molecule has 1 amide bonds. The van der Waals surface area contributed by atoms with E-state index in [2.05, 4.69) is 10.1 Å². The van der Waals surface area contributed by atoms with E-state index >= 15 is 0 Å². The predicted octanol–water partition coefficient (Wildman–Crippen LogP) is 6.40. The summed E-state index contributed by atoms with van der Waals surface area (Å²) in [6, 6.07) is 26.1. The zero-order chi connectivity index (χ0) is 26.1. The van der Waals surface area contributed by atoms with Crippen molar-refractivity contribution in [2.24, 2.45) is 5.10 Å². The molecule has 0 bridgehead atoms. The number of hydrogen-bond acceptors (Lipinski definition) is 7. The molecule has 38 heavy (non-hydrogen) atoms. The van der Waals surface area contributed by atoms with E-state index in [1.807, 2.05) is 73.7 Å². The van der Waals surface area contributed by atoms with E-state index < -0.39 is 24.5 Å². The number of fused-ring (bicyclic) bond motifs is 1. The highest BCUT2D eigenvalue weighted by Crippen LogP contribution is 2.34. The molecule has 0 unspecified atom stereocenters. The maximum absolute atomic E-state index is 13.3. The number of amides is 1. The number of ether oxygens (including phenoxy) is 1. The highest BCUT2D eigenvalue weighted by molar-refractivity contribution is 7.21. The summed E-state index contributed by atoms with van der Waals surface area (Å²) in [6.45, 7) is 1.57. The van der Waals surface area contributed by atoms with Gasteiger partial charge in [0.25, 0.3) is 5.91 Å². The van der Waals surface area contributed by atoms with Crippen LogP contribution in [0.4, 0.5) is 0 Å². The number of carbonyl (C=O) groups is 2. The van der Waals surface area contributed by atoms with Crippen molar-refractivity contribution >= 4 is 39.1 Å². The van der Waals surface area contributed by atoms with Gasteiger partial charge < -0.3 is 9.15 Å². The zero-order valence-corrected chi connectivity index (χ0v) is 21.4. The van der Waals surface area contributed by atoms with Gasteiger partial charge in [-0.05, 0) is 42.8 Å². The monoisotopic (exact) mass is 521 g/mol. The van der Waals surface area contributed by atoms with E-state index in [9.17, 15) is 9.59 Å². The molecule has 3 aromatic carbocycles. The number of aryl methyl sites for hydroxylation is 1. The maximum Gasteiger partial charge on any atom is 0.339 e. The standard InChI is InChI=1S/C30H23N3O4S/c1-19-12-14-20(15-13-19)24-17-25(26-10-6-16-36-26)33(32-24)28(34)18-37-30(35)22-8-3-2-7-21(22)29-31-23-9-4-5-11-27(23)38-29/h2-16,25H,17-18H2,1H3/t25-/m0/s1. The van der Waals surface area contributed by atoms with E-state index in [1.165, 1.54) is 16.3 Å². The van der Waals surface area contributed by atoms with Gasteiger partial charge in [0.15, 0.2) is 6.61 Å². The second-order valence-corrected chi connectivity index (χ2v) is 10.0. The van der Waals surface area contributed by atoms with Crippen molar-refractivity contribution in [1.29, 1.82) is 0 Å². The highest BCUT2D eigenvalue weighted by Gasteiger charge is 2.35. The summed E-state index contributed by atoms with van der Waals surface area (Å²) < 4.78 is 12.1. The fourth-order valence-corrected chi connectivity index (χ4v) is 5.47. The van der Waals surface area contributed by atoms with Crippen LogP contribution in [0.15, 0.2) is 101 Å². The fraction of sp³-hybridized carbons (Fsp3) is 0.133. The molecule has 2 aromatic heterocycles. The van der Waals surface area contributed by atoms with Crippen molar-refractivity contribution in [3.05, 3.63) is 114 Å². The third kappa shape index (κ3) is 4.62. The Labute approximate surface area is 223 Å². The first-order chi connectivity index (χ1) is 18.6. The summed E-state index contributed by atoms with van der Waals surface area (Å²) in [5.74, 6) is -0.402. The minimum atomic E-state index is -0.593. The molecule has 0 radical (unpaired) electrons. The Hall–Kier alpha value is -4.56. The first kappa shape index (κ1) is 23.8. The number of furan rings is 1.